The van der Waals surface area contributed by atoms with Gasteiger partial charge in [0.25, 0.3) is 5.91 Å². The van der Waals surface area contributed by atoms with E-state index in [2.05, 4.69) is 10.6 Å². The second kappa shape index (κ2) is 7.94. The number of hydrogen-bond donors (Lipinski definition) is 3. The zero-order chi connectivity index (χ0) is 18.4. The van der Waals surface area contributed by atoms with Crippen molar-refractivity contribution in [2.24, 2.45) is 5.73 Å². The molecule has 0 aliphatic heterocycles. The van der Waals surface area contributed by atoms with Crippen molar-refractivity contribution >= 4 is 39.9 Å². The molecular formula is C16H14N4O4S. The number of hydrogen-bond acceptors (Lipinski definition) is 6. The van der Waals surface area contributed by atoms with Gasteiger partial charge < -0.3 is 21.1 Å². The molecule has 9 heteroatoms. The summed E-state index contributed by atoms with van der Waals surface area (Å²) in [6.45, 7) is 1.43. The van der Waals surface area contributed by atoms with Gasteiger partial charge in [-0.05, 0) is 42.6 Å². The van der Waals surface area contributed by atoms with E-state index < -0.39 is 24.0 Å². The minimum atomic E-state index is -1.05. The van der Waals surface area contributed by atoms with Crippen LogP contribution in [-0.4, -0.2) is 24.0 Å². The van der Waals surface area contributed by atoms with E-state index in [1.807, 2.05) is 6.07 Å². The number of rotatable bonds is 5. The Balaban J connectivity index is 1.96. The summed E-state index contributed by atoms with van der Waals surface area (Å²) in [5.41, 5.74) is 5.97. The highest BCUT2D eigenvalue weighted by atomic mass is 32.1. The number of esters is 1. The fraction of sp³-hybridized carbons (Fsp3) is 0.125. The average molecular weight is 358 g/mol. The maximum Gasteiger partial charge on any atom is 0.338 e. The number of carbonyl (C=O) groups is 3. The number of amides is 3. The standard InChI is InChI=1S/C16H14N4O4S/c1-9(13(21)20-14-11(8-17)6-7-25-14)24-15(22)10-2-4-12(5-3-10)19-16(18)23/h2-7,9H,1H3,(H,20,21)(H3,18,19,23)/t9-/m1/s1. The molecule has 0 unspecified atom stereocenters. The molecule has 25 heavy (non-hydrogen) atoms. The van der Waals surface area contributed by atoms with Crippen LogP contribution in [0.5, 0.6) is 0 Å². The van der Waals surface area contributed by atoms with Gasteiger partial charge in [0, 0.05) is 5.69 Å². The fourth-order valence-corrected chi connectivity index (χ4v) is 2.56. The Labute approximate surface area is 147 Å². The Morgan fingerprint density at radius 2 is 1.88 bits per heavy atom. The fourth-order valence-electron chi connectivity index (χ4n) is 1.82. The van der Waals surface area contributed by atoms with Crippen LogP contribution >= 0.6 is 11.3 Å². The second-order valence-corrected chi connectivity index (χ2v) is 5.79. The number of primary amides is 1. The third-order valence-corrected chi connectivity index (χ3v) is 3.89. The minimum Gasteiger partial charge on any atom is -0.449 e. The van der Waals surface area contributed by atoms with Crippen molar-refractivity contribution in [2.75, 3.05) is 10.6 Å². The number of benzene rings is 1. The number of thiophene rings is 1. The van der Waals surface area contributed by atoms with Crippen LogP contribution in [0.3, 0.4) is 0 Å². The van der Waals surface area contributed by atoms with Crippen molar-refractivity contribution in [1.29, 1.82) is 5.26 Å². The zero-order valence-corrected chi connectivity index (χ0v) is 13.9. The summed E-state index contributed by atoms with van der Waals surface area (Å²) >= 11 is 1.20. The van der Waals surface area contributed by atoms with Crippen LogP contribution in [0.2, 0.25) is 0 Å². The molecule has 3 amide bonds. The first-order valence-electron chi connectivity index (χ1n) is 7.06. The zero-order valence-electron chi connectivity index (χ0n) is 13.1. The highest BCUT2D eigenvalue weighted by Crippen LogP contribution is 2.22. The average Bonchev–Trinajstić information content (AvgIpc) is 3.01. The van der Waals surface area contributed by atoms with Gasteiger partial charge in [-0.3, -0.25) is 4.79 Å². The van der Waals surface area contributed by atoms with Gasteiger partial charge in [-0.25, -0.2) is 9.59 Å². The van der Waals surface area contributed by atoms with Crippen molar-refractivity contribution in [3.63, 3.8) is 0 Å². The van der Waals surface area contributed by atoms with Gasteiger partial charge in [-0.15, -0.1) is 11.3 Å². The van der Waals surface area contributed by atoms with Crippen LogP contribution in [0.15, 0.2) is 35.7 Å². The maximum absolute atomic E-state index is 12.1. The lowest BCUT2D eigenvalue weighted by atomic mass is 10.2. The largest absolute Gasteiger partial charge is 0.449 e. The monoisotopic (exact) mass is 358 g/mol. The van der Waals surface area contributed by atoms with Crippen LogP contribution in [0.1, 0.15) is 22.8 Å². The number of urea groups is 1. The van der Waals surface area contributed by atoms with Gasteiger partial charge in [-0.2, -0.15) is 5.26 Å². The molecular weight excluding hydrogens is 344 g/mol. The maximum atomic E-state index is 12.1. The molecule has 0 fully saturated rings. The van der Waals surface area contributed by atoms with E-state index in [0.29, 0.717) is 16.3 Å². The summed E-state index contributed by atoms with van der Waals surface area (Å²) in [5, 5.41) is 15.9. The van der Waals surface area contributed by atoms with Crippen molar-refractivity contribution in [1.82, 2.24) is 0 Å². The number of nitrogens with zero attached hydrogens (tertiary/aromatic N) is 1. The summed E-state index contributed by atoms with van der Waals surface area (Å²) in [4.78, 5) is 34.9. The highest BCUT2D eigenvalue weighted by molar-refractivity contribution is 7.14. The molecule has 0 saturated heterocycles. The van der Waals surface area contributed by atoms with Crippen molar-refractivity contribution in [2.45, 2.75) is 13.0 Å². The van der Waals surface area contributed by atoms with Gasteiger partial charge in [-0.1, -0.05) is 0 Å². The molecule has 1 heterocycles. The lowest BCUT2D eigenvalue weighted by molar-refractivity contribution is -0.123. The number of nitrogens with one attached hydrogen (secondary N) is 2. The smallest absolute Gasteiger partial charge is 0.338 e. The number of anilines is 2. The molecule has 0 aliphatic rings. The molecule has 1 aromatic heterocycles. The Morgan fingerprint density at radius 3 is 2.48 bits per heavy atom. The molecule has 8 nitrogen and oxygen atoms in total. The Hall–Kier alpha value is -3.38. The number of nitriles is 1. The minimum absolute atomic E-state index is 0.212. The summed E-state index contributed by atoms with van der Waals surface area (Å²) in [5.74, 6) is -1.24. The van der Waals surface area contributed by atoms with Crippen LogP contribution in [0, 0.1) is 11.3 Å². The Bertz CT molecular complexity index is 839. The van der Waals surface area contributed by atoms with E-state index in [1.54, 1.807) is 11.4 Å². The molecule has 0 spiro atoms. The SMILES string of the molecule is C[C@@H](OC(=O)c1ccc(NC(N)=O)cc1)C(=O)Nc1sccc1C#N. The molecule has 128 valence electrons. The quantitative estimate of drug-likeness (QED) is 0.705. The van der Waals surface area contributed by atoms with Crippen molar-refractivity contribution in [3.8, 4) is 6.07 Å². The molecule has 0 aliphatic carbocycles. The predicted octanol–water partition coefficient (Wildman–Crippen LogP) is 2.29. The molecule has 1 aromatic carbocycles. The molecule has 0 bridgehead atoms. The van der Waals surface area contributed by atoms with Gasteiger partial charge in [0.1, 0.15) is 11.1 Å². The van der Waals surface area contributed by atoms with E-state index in [1.165, 1.54) is 42.5 Å². The van der Waals surface area contributed by atoms with Gasteiger partial charge >= 0.3 is 12.0 Å². The summed E-state index contributed by atoms with van der Waals surface area (Å²) < 4.78 is 5.10. The topological polar surface area (TPSA) is 134 Å². The summed E-state index contributed by atoms with van der Waals surface area (Å²) in [6.07, 6.45) is -1.05. The third-order valence-electron chi connectivity index (χ3n) is 3.06. The molecule has 0 saturated carbocycles. The number of nitrogens with two attached hydrogens (primary N) is 1. The molecule has 4 N–H and O–H groups in total. The second-order valence-electron chi connectivity index (χ2n) is 4.88. The van der Waals surface area contributed by atoms with E-state index >= 15 is 0 Å². The Morgan fingerprint density at radius 1 is 1.20 bits per heavy atom. The molecule has 1 atom stereocenters. The van der Waals surface area contributed by atoms with E-state index in [9.17, 15) is 14.4 Å². The third kappa shape index (κ3) is 4.79. The van der Waals surface area contributed by atoms with Gasteiger partial charge in [0.05, 0.1) is 11.1 Å². The van der Waals surface area contributed by atoms with Gasteiger partial charge in [0.2, 0.25) is 0 Å². The number of ether oxygens (including phenoxy) is 1. The van der Waals surface area contributed by atoms with Crippen LogP contribution in [0.4, 0.5) is 15.5 Å². The predicted molar refractivity (Wildman–Crippen MR) is 92.2 cm³/mol. The first-order chi connectivity index (χ1) is 11.9. The van der Waals surface area contributed by atoms with Gasteiger partial charge in [0.15, 0.2) is 6.10 Å². The first-order valence-corrected chi connectivity index (χ1v) is 7.94. The highest BCUT2D eigenvalue weighted by Gasteiger charge is 2.20. The summed E-state index contributed by atoms with van der Waals surface area (Å²) in [6, 6.07) is 8.66. The lowest BCUT2D eigenvalue weighted by Gasteiger charge is -2.13. The normalized spacial score (nSPS) is 11.0. The van der Waals surface area contributed by atoms with Crippen LogP contribution < -0.4 is 16.4 Å². The van der Waals surface area contributed by atoms with E-state index in [4.69, 9.17) is 15.7 Å². The van der Waals surface area contributed by atoms with Crippen molar-refractivity contribution in [3.05, 3.63) is 46.8 Å². The Kier molecular flexibility index (Phi) is 5.71. The lowest BCUT2D eigenvalue weighted by Crippen LogP contribution is -2.29. The van der Waals surface area contributed by atoms with E-state index in [0.717, 1.165) is 0 Å². The van der Waals surface area contributed by atoms with Crippen LogP contribution in [-0.2, 0) is 9.53 Å². The van der Waals surface area contributed by atoms with Crippen molar-refractivity contribution < 1.29 is 19.1 Å². The molecule has 2 aromatic rings. The van der Waals surface area contributed by atoms with Crippen LogP contribution in [0.25, 0.3) is 0 Å². The number of carbonyl (C=O) groups excluding carboxylic acids is 3. The summed E-state index contributed by atoms with van der Waals surface area (Å²) in [7, 11) is 0. The molecule has 2 rings (SSSR count). The first kappa shape index (κ1) is 18.0. The molecule has 0 radical (unpaired) electrons. The van der Waals surface area contributed by atoms with E-state index in [-0.39, 0.29) is 5.56 Å².